The molecular weight excluding hydrogens is 270 g/mol. The SMILES string of the molecule is CCNc1cccc(C(=O)NCCC2CCC2)c1[N+](=O)[O-]. The number of hydrogen-bond donors (Lipinski definition) is 2. The molecule has 1 aromatic rings. The number of benzene rings is 1. The number of amides is 1. The molecule has 1 fully saturated rings. The number of para-hydroxylation sites is 1. The van der Waals surface area contributed by atoms with Crippen LogP contribution in [0.15, 0.2) is 18.2 Å². The van der Waals surface area contributed by atoms with Crippen LogP contribution < -0.4 is 10.6 Å². The van der Waals surface area contributed by atoms with Gasteiger partial charge in [0.15, 0.2) is 0 Å². The van der Waals surface area contributed by atoms with Gasteiger partial charge < -0.3 is 10.6 Å². The Morgan fingerprint density at radius 3 is 2.76 bits per heavy atom. The second-order valence-corrected chi connectivity index (χ2v) is 5.33. The van der Waals surface area contributed by atoms with E-state index < -0.39 is 4.92 Å². The minimum atomic E-state index is -0.501. The minimum Gasteiger partial charge on any atom is -0.380 e. The van der Waals surface area contributed by atoms with Gasteiger partial charge >= 0.3 is 5.69 Å². The van der Waals surface area contributed by atoms with Gasteiger partial charge in [0.2, 0.25) is 0 Å². The predicted molar refractivity (Wildman–Crippen MR) is 81.6 cm³/mol. The molecule has 114 valence electrons. The lowest BCUT2D eigenvalue weighted by atomic mass is 9.83. The minimum absolute atomic E-state index is 0.118. The molecule has 6 heteroatoms. The molecular formula is C15H21N3O3. The maximum Gasteiger partial charge on any atom is 0.305 e. The zero-order chi connectivity index (χ0) is 15.2. The van der Waals surface area contributed by atoms with Gasteiger partial charge in [0.1, 0.15) is 11.3 Å². The molecule has 21 heavy (non-hydrogen) atoms. The van der Waals surface area contributed by atoms with Crippen molar-refractivity contribution in [2.75, 3.05) is 18.4 Å². The molecule has 0 radical (unpaired) electrons. The summed E-state index contributed by atoms with van der Waals surface area (Å²) in [7, 11) is 0. The van der Waals surface area contributed by atoms with Crippen molar-refractivity contribution in [3.63, 3.8) is 0 Å². The van der Waals surface area contributed by atoms with E-state index in [0.717, 1.165) is 6.42 Å². The summed E-state index contributed by atoms with van der Waals surface area (Å²) < 4.78 is 0. The van der Waals surface area contributed by atoms with Crippen LogP contribution >= 0.6 is 0 Å². The Morgan fingerprint density at radius 2 is 2.19 bits per heavy atom. The molecule has 0 aliphatic heterocycles. The van der Waals surface area contributed by atoms with Crippen LogP contribution in [0.3, 0.4) is 0 Å². The number of anilines is 1. The van der Waals surface area contributed by atoms with Gasteiger partial charge in [-0.25, -0.2) is 0 Å². The van der Waals surface area contributed by atoms with Gasteiger partial charge in [0.05, 0.1) is 4.92 Å². The van der Waals surface area contributed by atoms with E-state index in [2.05, 4.69) is 10.6 Å². The zero-order valence-electron chi connectivity index (χ0n) is 12.2. The summed E-state index contributed by atoms with van der Waals surface area (Å²) in [6.45, 7) is 2.99. The van der Waals surface area contributed by atoms with Gasteiger partial charge in [-0.1, -0.05) is 25.3 Å². The molecule has 2 rings (SSSR count). The van der Waals surface area contributed by atoms with Gasteiger partial charge in [-0.3, -0.25) is 14.9 Å². The van der Waals surface area contributed by atoms with Crippen LogP contribution in [0, 0.1) is 16.0 Å². The molecule has 0 unspecified atom stereocenters. The molecule has 0 aromatic heterocycles. The summed E-state index contributed by atoms with van der Waals surface area (Å²) in [4.78, 5) is 22.9. The second kappa shape index (κ2) is 7.06. The van der Waals surface area contributed by atoms with Crippen LogP contribution in [-0.4, -0.2) is 23.9 Å². The fourth-order valence-corrected chi connectivity index (χ4v) is 2.52. The monoisotopic (exact) mass is 291 g/mol. The molecule has 0 bridgehead atoms. The maximum absolute atomic E-state index is 12.2. The molecule has 1 aliphatic rings. The first-order chi connectivity index (χ1) is 10.1. The van der Waals surface area contributed by atoms with E-state index in [-0.39, 0.29) is 17.2 Å². The van der Waals surface area contributed by atoms with E-state index in [1.54, 1.807) is 12.1 Å². The highest BCUT2D eigenvalue weighted by Crippen LogP contribution is 2.30. The van der Waals surface area contributed by atoms with Crippen LogP contribution in [-0.2, 0) is 0 Å². The third-order valence-corrected chi connectivity index (χ3v) is 3.89. The molecule has 0 atom stereocenters. The third-order valence-electron chi connectivity index (χ3n) is 3.89. The van der Waals surface area contributed by atoms with E-state index in [1.165, 1.54) is 25.3 Å². The van der Waals surface area contributed by atoms with E-state index in [0.29, 0.717) is 24.7 Å². The van der Waals surface area contributed by atoms with Crippen molar-refractivity contribution in [1.29, 1.82) is 0 Å². The lowest BCUT2D eigenvalue weighted by Gasteiger charge is -2.25. The van der Waals surface area contributed by atoms with Crippen LogP contribution in [0.25, 0.3) is 0 Å². The van der Waals surface area contributed by atoms with E-state index in [4.69, 9.17) is 0 Å². The van der Waals surface area contributed by atoms with Gasteiger partial charge in [-0.15, -0.1) is 0 Å². The summed E-state index contributed by atoms with van der Waals surface area (Å²) in [6, 6.07) is 4.77. The summed E-state index contributed by atoms with van der Waals surface area (Å²) in [5.74, 6) is 0.328. The lowest BCUT2D eigenvalue weighted by molar-refractivity contribution is -0.384. The number of carbonyl (C=O) groups is 1. The third kappa shape index (κ3) is 3.71. The average molecular weight is 291 g/mol. The largest absolute Gasteiger partial charge is 0.380 e. The van der Waals surface area contributed by atoms with E-state index in [1.807, 2.05) is 6.92 Å². The van der Waals surface area contributed by atoms with Crippen molar-refractivity contribution in [2.24, 2.45) is 5.92 Å². The Kier molecular flexibility index (Phi) is 5.14. The highest BCUT2D eigenvalue weighted by atomic mass is 16.6. The van der Waals surface area contributed by atoms with Crippen molar-refractivity contribution < 1.29 is 9.72 Å². The fraction of sp³-hybridized carbons (Fsp3) is 0.533. The summed E-state index contributed by atoms with van der Waals surface area (Å²) in [5, 5.41) is 17.0. The zero-order valence-corrected chi connectivity index (χ0v) is 12.2. The van der Waals surface area contributed by atoms with Crippen molar-refractivity contribution in [3.05, 3.63) is 33.9 Å². The first-order valence-corrected chi connectivity index (χ1v) is 7.43. The van der Waals surface area contributed by atoms with Gasteiger partial charge in [-0.05, 0) is 31.4 Å². The summed E-state index contributed by atoms with van der Waals surface area (Å²) >= 11 is 0. The highest BCUT2D eigenvalue weighted by molar-refractivity contribution is 6.00. The molecule has 0 saturated heterocycles. The standard InChI is InChI=1S/C15H21N3O3/c1-2-16-13-8-4-7-12(14(13)18(20)21)15(19)17-10-9-11-5-3-6-11/h4,7-8,11,16H,2-3,5-6,9-10H2,1H3,(H,17,19). The van der Waals surface area contributed by atoms with Crippen molar-refractivity contribution in [2.45, 2.75) is 32.6 Å². The molecule has 1 aromatic carbocycles. The number of nitrogens with zero attached hydrogens (tertiary/aromatic N) is 1. The Hall–Kier alpha value is -2.11. The molecule has 1 amide bonds. The van der Waals surface area contributed by atoms with E-state index >= 15 is 0 Å². The van der Waals surface area contributed by atoms with Crippen LogP contribution in [0.1, 0.15) is 43.0 Å². The fourth-order valence-electron chi connectivity index (χ4n) is 2.52. The summed E-state index contributed by atoms with van der Waals surface area (Å²) in [5.41, 5.74) is 0.349. The van der Waals surface area contributed by atoms with Gasteiger partial charge in [-0.2, -0.15) is 0 Å². The van der Waals surface area contributed by atoms with E-state index in [9.17, 15) is 14.9 Å². The molecule has 0 spiro atoms. The normalized spacial score (nSPS) is 14.3. The first kappa shape index (κ1) is 15.3. The number of carbonyl (C=O) groups excluding carboxylic acids is 1. The number of rotatable bonds is 7. The Labute approximate surface area is 124 Å². The van der Waals surface area contributed by atoms with Crippen molar-refractivity contribution in [3.8, 4) is 0 Å². The molecule has 1 saturated carbocycles. The summed E-state index contributed by atoms with van der Waals surface area (Å²) in [6.07, 6.45) is 4.68. The van der Waals surface area contributed by atoms with Crippen molar-refractivity contribution in [1.82, 2.24) is 5.32 Å². The Bertz CT molecular complexity index is 527. The Morgan fingerprint density at radius 1 is 1.43 bits per heavy atom. The molecule has 6 nitrogen and oxygen atoms in total. The smallest absolute Gasteiger partial charge is 0.305 e. The predicted octanol–water partition coefficient (Wildman–Crippen LogP) is 2.95. The average Bonchev–Trinajstić information content (AvgIpc) is 2.41. The number of nitro groups is 1. The molecule has 0 heterocycles. The van der Waals surface area contributed by atoms with Crippen molar-refractivity contribution >= 4 is 17.3 Å². The Balaban J connectivity index is 2.07. The first-order valence-electron chi connectivity index (χ1n) is 7.43. The van der Waals surface area contributed by atoms with Gasteiger partial charge in [0.25, 0.3) is 5.91 Å². The number of nitrogens with one attached hydrogen (secondary N) is 2. The van der Waals surface area contributed by atoms with Crippen LogP contribution in [0.4, 0.5) is 11.4 Å². The van der Waals surface area contributed by atoms with Gasteiger partial charge in [0, 0.05) is 13.1 Å². The number of nitro benzene ring substituents is 1. The molecule has 2 N–H and O–H groups in total. The van der Waals surface area contributed by atoms with Crippen LogP contribution in [0.2, 0.25) is 0 Å². The quantitative estimate of drug-likeness (QED) is 0.597. The highest BCUT2D eigenvalue weighted by Gasteiger charge is 2.24. The molecule has 1 aliphatic carbocycles. The lowest BCUT2D eigenvalue weighted by Crippen LogP contribution is -2.28. The topological polar surface area (TPSA) is 84.3 Å². The second-order valence-electron chi connectivity index (χ2n) is 5.33. The van der Waals surface area contributed by atoms with Crippen LogP contribution in [0.5, 0.6) is 0 Å². The maximum atomic E-state index is 12.2. The number of hydrogen-bond acceptors (Lipinski definition) is 4.